The van der Waals surface area contributed by atoms with E-state index in [1.165, 1.54) is 5.56 Å². The molecule has 1 rings (SSSR count). The van der Waals surface area contributed by atoms with Gasteiger partial charge in [-0.15, -0.1) is 0 Å². The van der Waals surface area contributed by atoms with E-state index in [1.807, 2.05) is 26.0 Å². The number of rotatable bonds is 9. The van der Waals surface area contributed by atoms with E-state index >= 15 is 0 Å². The zero-order valence-corrected chi connectivity index (χ0v) is 14.2. The number of methoxy groups -OCH3 is 1. The lowest BCUT2D eigenvalue weighted by atomic mass is 10.1. The maximum Gasteiger partial charge on any atom is 0.191 e. The van der Waals surface area contributed by atoms with Crippen LogP contribution in [0.3, 0.4) is 0 Å². The number of hydrogen-bond acceptors (Lipinski definition) is 3. The summed E-state index contributed by atoms with van der Waals surface area (Å²) < 4.78 is 10.6. The molecule has 5 heteroatoms. The minimum absolute atomic E-state index is 0.644. The summed E-state index contributed by atoms with van der Waals surface area (Å²) in [5.74, 6) is 1.75. The topological polar surface area (TPSA) is 54.9 Å². The molecule has 0 bridgehead atoms. The molecule has 0 saturated carbocycles. The molecule has 5 nitrogen and oxygen atoms in total. The van der Waals surface area contributed by atoms with Crippen molar-refractivity contribution in [1.29, 1.82) is 0 Å². The van der Waals surface area contributed by atoms with Crippen molar-refractivity contribution in [3.63, 3.8) is 0 Å². The fourth-order valence-corrected chi connectivity index (χ4v) is 2.08. The van der Waals surface area contributed by atoms with Crippen LogP contribution < -0.4 is 15.4 Å². The van der Waals surface area contributed by atoms with E-state index in [0.717, 1.165) is 50.0 Å². The molecule has 0 aliphatic heterocycles. The molecular weight excluding hydrogens is 278 g/mol. The fraction of sp³-hybridized carbons (Fsp3) is 0.588. The van der Waals surface area contributed by atoms with Crippen LogP contribution in [0.4, 0.5) is 0 Å². The van der Waals surface area contributed by atoms with Crippen molar-refractivity contribution < 1.29 is 9.47 Å². The van der Waals surface area contributed by atoms with E-state index in [1.54, 1.807) is 7.11 Å². The maximum atomic E-state index is 5.33. The molecule has 0 unspecified atom stereocenters. The highest BCUT2D eigenvalue weighted by atomic mass is 16.5. The first-order valence-corrected chi connectivity index (χ1v) is 7.94. The van der Waals surface area contributed by atoms with Crippen LogP contribution in [0.15, 0.2) is 23.2 Å². The van der Waals surface area contributed by atoms with E-state index in [9.17, 15) is 0 Å². The van der Waals surface area contributed by atoms with E-state index in [0.29, 0.717) is 6.54 Å². The number of guanidine groups is 1. The molecule has 1 aromatic carbocycles. The van der Waals surface area contributed by atoms with Gasteiger partial charge < -0.3 is 20.1 Å². The number of benzene rings is 1. The second-order valence-corrected chi connectivity index (χ2v) is 4.98. The number of aryl methyl sites for hydroxylation is 1. The lowest BCUT2D eigenvalue weighted by Crippen LogP contribution is -2.38. The second kappa shape index (κ2) is 10.9. The number of nitrogens with one attached hydrogen (secondary N) is 2. The largest absolute Gasteiger partial charge is 0.496 e. The van der Waals surface area contributed by atoms with Crippen molar-refractivity contribution in [3.05, 3.63) is 29.3 Å². The number of nitrogens with zero attached hydrogens (tertiary/aromatic N) is 1. The molecule has 0 aromatic heterocycles. The maximum absolute atomic E-state index is 5.33. The van der Waals surface area contributed by atoms with E-state index < -0.39 is 0 Å². The summed E-state index contributed by atoms with van der Waals surface area (Å²) in [5.41, 5.74) is 2.30. The first-order chi connectivity index (χ1) is 10.7. The Kier molecular flexibility index (Phi) is 9.07. The lowest BCUT2D eigenvalue weighted by Gasteiger charge is -2.11. The molecule has 0 atom stereocenters. The van der Waals surface area contributed by atoms with Crippen LogP contribution in [-0.4, -0.2) is 39.4 Å². The van der Waals surface area contributed by atoms with Crippen LogP contribution in [0.1, 0.15) is 31.4 Å². The van der Waals surface area contributed by atoms with Crippen molar-refractivity contribution in [1.82, 2.24) is 10.6 Å². The molecule has 0 fully saturated rings. The number of aliphatic imine (C=N–C) groups is 1. The molecule has 0 aliphatic rings. The van der Waals surface area contributed by atoms with E-state index in [-0.39, 0.29) is 0 Å². The zero-order valence-electron chi connectivity index (χ0n) is 14.2. The third kappa shape index (κ3) is 6.80. The van der Waals surface area contributed by atoms with Gasteiger partial charge in [-0.25, -0.2) is 4.99 Å². The van der Waals surface area contributed by atoms with Gasteiger partial charge >= 0.3 is 0 Å². The normalized spacial score (nSPS) is 11.4. The van der Waals surface area contributed by atoms with Crippen LogP contribution in [0, 0.1) is 6.92 Å². The predicted octanol–water partition coefficient (Wildman–Crippen LogP) is 2.49. The smallest absolute Gasteiger partial charge is 0.191 e. The third-order valence-corrected chi connectivity index (χ3v) is 3.19. The van der Waals surface area contributed by atoms with Crippen molar-refractivity contribution in [2.45, 2.75) is 33.7 Å². The Balaban J connectivity index is 2.52. The van der Waals surface area contributed by atoms with Gasteiger partial charge in [-0.1, -0.05) is 12.1 Å². The van der Waals surface area contributed by atoms with Crippen molar-refractivity contribution in [3.8, 4) is 5.75 Å². The average Bonchev–Trinajstić information content (AvgIpc) is 2.52. The Hall–Kier alpha value is -1.75. The minimum Gasteiger partial charge on any atom is -0.496 e. The summed E-state index contributed by atoms with van der Waals surface area (Å²) >= 11 is 0. The van der Waals surface area contributed by atoms with Gasteiger partial charge in [0.2, 0.25) is 0 Å². The monoisotopic (exact) mass is 307 g/mol. The van der Waals surface area contributed by atoms with Crippen LogP contribution in [-0.2, 0) is 11.3 Å². The Morgan fingerprint density at radius 1 is 1.23 bits per heavy atom. The Morgan fingerprint density at radius 2 is 2.05 bits per heavy atom. The second-order valence-electron chi connectivity index (χ2n) is 4.98. The van der Waals surface area contributed by atoms with Crippen molar-refractivity contribution >= 4 is 5.96 Å². The zero-order chi connectivity index (χ0) is 16.2. The van der Waals surface area contributed by atoms with Gasteiger partial charge in [0.05, 0.1) is 13.7 Å². The van der Waals surface area contributed by atoms with Gasteiger partial charge in [-0.3, -0.25) is 0 Å². The fourth-order valence-electron chi connectivity index (χ4n) is 2.08. The summed E-state index contributed by atoms with van der Waals surface area (Å²) in [7, 11) is 1.69. The molecular formula is C17H29N3O2. The van der Waals surface area contributed by atoms with Gasteiger partial charge in [0.1, 0.15) is 5.75 Å². The molecule has 0 heterocycles. The summed E-state index contributed by atoms with van der Waals surface area (Å²) in [5, 5.41) is 6.58. The van der Waals surface area contributed by atoms with Gasteiger partial charge in [-0.05, 0) is 44.4 Å². The molecule has 0 aliphatic carbocycles. The van der Waals surface area contributed by atoms with Crippen LogP contribution in [0.25, 0.3) is 0 Å². The minimum atomic E-state index is 0.644. The van der Waals surface area contributed by atoms with Gasteiger partial charge in [-0.2, -0.15) is 0 Å². The van der Waals surface area contributed by atoms with Crippen molar-refractivity contribution in [2.24, 2.45) is 4.99 Å². The molecule has 0 spiro atoms. The van der Waals surface area contributed by atoms with E-state index in [4.69, 9.17) is 9.47 Å². The average molecular weight is 307 g/mol. The molecule has 1 aromatic rings. The van der Waals surface area contributed by atoms with Crippen molar-refractivity contribution in [2.75, 3.05) is 33.4 Å². The Bertz CT molecular complexity index is 461. The first kappa shape index (κ1) is 18.3. The molecule has 22 heavy (non-hydrogen) atoms. The highest BCUT2D eigenvalue weighted by molar-refractivity contribution is 5.79. The summed E-state index contributed by atoms with van der Waals surface area (Å²) in [6.45, 7) is 10.0. The van der Waals surface area contributed by atoms with Gasteiger partial charge in [0, 0.05) is 26.3 Å². The highest BCUT2D eigenvalue weighted by Gasteiger charge is 2.01. The molecule has 0 saturated heterocycles. The van der Waals surface area contributed by atoms with Crippen LogP contribution >= 0.6 is 0 Å². The lowest BCUT2D eigenvalue weighted by molar-refractivity contribution is 0.145. The standard InChI is InChI=1S/C17H29N3O2/c1-5-18-17(19-10-7-11-22-6-2)20-13-15-8-9-16(21-4)14(3)12-15/h8-9,12H,5-7,10-11,13H2,1-4H3,(H2,18,19,20). The molecule has 0 amide bonds. The number of hydrogen-bond donors (Lipinski definition) is 2. The highest BCUT2D eigenvalue weighted by Crippen LogP contribution is 2.18. The SMILES string of the molecule is CCNC(=NCc1ccc(OC)c(C)c1)NCCCOCC. The molecule has 2 N–H and O–H groups in total. The van der Waals surface area contributed by atoms with Crippen LogP contribution in [0.5, 0.6) is 5.75 Å². The summed E-state index contributed by atoms with van der Waals surface area (Å²) in [4.78, 5) is 4.61. The Labute approximate surface area is 134 Å². The van der Waals surface area contributed by atoms with E-state index in [2.05, 4.69) is 28.6 Å². The van der Waals surface area contributed by atoms with Gasteiger partial charge in [0.15, 0.2) is 5.96 Å². The summed E-state index contributed by atoms with van der Waals surface area (Å²) in [6, 6.07) is 6.15. The predicted molar refractivity (Wildman–Crippen MR) is 91.7 cm³/mol. The Morgan fingerprint density at radius 3 is 2.68 bits per heavy atom. The van der Waals surface area contributed by atoms with Gasteiger partial charge in [0.25, 0.3) is 0 Å². The molecule has 124 valence electrons. The van der Waals surface area contributed by atoms with Crippen LogP contribution in [0.2, 0.25) is 0 Å². The third-order valence-electron chi connectivity index (χ3n) is 3.19. The summed E-state index contributed by atoms with van der Waals surface area (Å²) in [6.07, 6.45) is 0.972. The quantitative estimate of drug-likeness (QED) is 0.418. The molecule has 0 radical (unpaired) electrons. The number of ether oxygens (including phenoxy) is 2. The first-order valence-electron chi connectivity index (χ1n) is 7.94.